The lowest BCUT2D eigenvalue weighted by Gasteiger charge is -2.40. The van der Waals surface area contributed by atoms with Gasteiger partial charge in [-0.25, -0.2) is 0 Å². The van der Waals surface area contributed by atoms with Gasteiger partial charge in [-0.3, -0.25) is 9.78 Å². The number of benzene rings is 2. The van der Waals surface area contributed by atoms with Crippen molar-refractivity contribution in [2.45, 2.75) is 42.1 Å². The molecule has 2 atom stereocenters. The van der Waals surface area contributed by atoms with Gasteiger partial charge in [0.05, 0.1) is 10.5 Å². The molecule has 0 saturated carbocycles. The van der Waals surface area contributed by atoms with E-state index in [0.29, 0.717) is 10.9 Å². The second kappa shape index (κ2) is 9.51. The van der Waals surface area contributed by atoms with Crippen molar-refractivity contribution < 1.29 is 9.53 Å². The number of rotatable bonds is 4. The lowest BCUT2D eigenvalue weighted by atomic mass is 9.80. The number of alkyl halides is 1. The standard InChI is InChI=1S/C27H28ClIN2O2/c1-27(29,21-12-15-31(16-13-21)26(32)23-5-3-17-33-23)20-9-6-18(7-10-20)22-11-8-19-4-2-14-30-25(19)24(22)28/h2,4,6-11,14,21,23H,3,5,12-13,15-17H2,1H3. The van der Waals surface area contributed by atoms with Crippen LogP contribution in [0.5, 0.6) is 0 Å². The summed E-state index contributed by atoms with van der Waals surface area (Å²) in [5, 5.41) is 1.74. The van der Waals surface area contributed by atoms with Gasteiger partial charge in [-0.05, 0) is 55.7 Å². The van der Waals surface area contributed by atoms with Crippen molar-refractivity contribution in [2.75, 3.05) is 19.7 Å². The highest BCUT2D eigenvalue weighted by Crippen LogP contribution is 2.45. The van der Waals surface area contributed by atoms with Crippen LogP contribution in [0.2, 0.25) is 5.02 Å². The first kappa shape index (κ1) is 23.1. The number of carbonyl (C=O) groups is 1. The second-order valence-corrected chi connectivity index (χ2v) is 11.9. The van der Waals surface area contributed by atoms with Crippen molar-refractivity contribution in [2.24, 2.45) is 5.92 Å². The van der Waals surface area contributed by atoms with Crippen LogP contribution in [0, 0.1) is 5.92 Å². The molecule has 0 bridgehead atoms. The number of pyridine rings is 1. The van der Waals surface area contributed by atoms with Gasteiger partial charge in [0.15, 0.2) is 0 Å². The number of hydrogen-bond donors (Lipinski definition) is 0. The zero-order valence-corrected chi connectivity index (χ0v) is 21.7. The molecule has 3 heterocycles. The smallest absolute Gasteiger partial charge is 0.251 e. The van der Waals surface area contributed by atoms with Crippen molar-refractivity contribution >= 4 is 51.0 Å². The van der Waals surface area contributed by atoms with Gasteiger partial charge < -0.3 is 9.64 Å². The molecule has 5 rings (SSSR count). The summed E-state index contributed by atoms with van der Waals surface area (Å²) >= 11 is 9.31. The van der Waals surface area contributed by atoms with Crippen molar-refractivity contribution in [1.82, 2.24) is 9.88 Å². The summed E-state index contributed by atoms with van der Waals surface area (Å²) in [6.07, 6.45) is 5.46. The molecule has 0 aliphatic carbocycles. The normalized spacial score (nSPS) is 21.3. The highest BCUT2D eigenvalue weighted by Gasteiger charge is 2.38. The summed E-state index contributed by atoms with van der Waals surface area (Å²) in [6, 6.07) is 16.9. The second-order valence-electron chi connectivity index (χ2n) is 9.26. The molecule has 2 aliphatic heterocycles. The van der Waals surface area contributed by atoms with E-state index in [1.165, 1.54) is 5.56 Å². The lowest BCUT2D eigenvalue weighted by molar-refractivity contribution is -0.142. The number of piperidine rings is 1. The molecular weight excluding hydrogens is 547 g/mol. The highest BCUT2D eigenvalue weighted by molar-refractivity contribution is 14.1. The molecule has 2 unspecified atom stereocenters. The van der Waals surface area contributed by atoms with Crippen LogP contribution in [0.4, 0.5) is 0 Å². The summed E-state index contributed by atoms with van der Waals surface area (Å²) < 4.78 is 5.61. The van der Waals surface area contributed by atoms with Crippen LogP contribution in [-0.2, 0) is 13.0 Å². The zero-order valence-electron chi connectivity index (χ0n) is 18.8. The van der Waals surface area contributed by atoms with E-state index in [1.54, 1.807) is 6.20 Å². The summed E-state index contributed by atoms with van der Waals surface area (Å²) in [5.41, 5.74) is 4.25. The first-order valence-electron chi connectivity index (χ1n) is 11.7. The van der Waals surface area contributed by atoms with E-state index in [4.69, 9.17) is 16.3 Å². The number of ether oxygens (including phenoxy) is 1. The summed E-state index contributed by atoms with van der Waals surface area (Å²) in [6.45, 7) is 4.67. The monoisotopic (exact) mass is 574 g/mol. The van der Waals surface area contributed by atoms with Crippen LogP contribution < -0.4 is 0 Å². The molecule has 0 radical (unpaired) electrons. The fraction of sp³-hybridized carbons (Fsp3) is 0.407. The van der Waals surface area contributed by atoms with Gasteiger partial charge in [-0.15, -0.1) is 0 Å². The van der Waals surface area contributed by atoms with Crippen molar-refractivity contribution in [1.29, 1.82) is 0 Å². The first-order chi connectivity index (χ1) is 15.9. The first-order valence-corrected chi connectivity index (χ1v) is 13.1. The number of hydrogen-bond acceptors (Lipinski definition) is 3. The molecule has 0 spiro atoms. The third kappa shape index (κ3) is 4.52. The van der Waals surface area contributed by atoms with Crippen LogP contribution >= 0.6 is 34.2 Å². The minimum absolute atomic E-state index is 0.00399. The van der Waals surface area contributed by atoms with Gasteiger partial charge >= 0.3 is 0 Å². The van der Waals surface area contributed by atoms with Gasteiger partial charge in [0.25, 0.3) is 5.91 Å². The van der Waals surface area contributed by atoms with E-state index in [0.717, 1.165) is 67.4 Å². The third-order valence-corrected chi connectivity index (χ3v) is 9.14. The Morgan fingerprint density at radius 2 is 1.88 bits per heavy atom. The Morgan fingerprint density at radius 3 is 2.58 bits per heavy atom. The Balaban J connectivity index is 1.30. The van der Waals surface area contributed by atoms with E-state index in [2.05, 4.69) is 70.9 Å². The van der Waals surface area contributed by atoms with Gasteiger partial charge in [-0.1, -0.05) is 76.7 Å². The maximum atomic E-state index is 12.7. The van der Waals surface area contributed by atoms with E-state index in [9.17, 15) is 4.79 Å². The number of carbonyl (C=O) groups excluding carboxylic acids is 1. The molecule has 3 aromatic rings. The lowest BCUT2D eigenvalue weighted by Crippen LogP contribution is -2.46. The molecule has 2 saturated heterocycles. The van der Waals surface area contributed by atoms with E-state index in [-0.39, 0.29) is 15.4 Å². The number of fused-ring (bicyclic) bond motifs is 1. The Morgan fingerprint density at radius 1 is 1.12 bits per heavy atom. The molecule has 0 N–H and O–H groups in total. The van der Waals surface area contributed by atoms with Crippen molar-refractivity contribution in [3.8, 4) is 11.1 Å². The van der Waals surface area contributed by atoms with Gasteiger partial charge in [0.1, 0.15) is 6.10 Å². The van der Waals surface area contributed by atoms with Gasteiger partial charge in [-0.2, -0.15) is 0 Å². The highest BCUT2D eigenvalue weighted by atomic mass is 127. The molecule has 2 fully saturated rings. The van der Waals surface area contributed by atoms with E-state index >= 15 is 0 Å². The predicted octanol–water partition coefficient (Wildman–Crippen LogP) is 6.62. The number of likely N-dealkylation sites (tertiary alicyclic amines) is 1. The van der Waals surface area contributed by atoms with Crippen LogP contribution in [0.15, 0.2) is 54.7 Å². The Bertz CT molecular complexity index is 1150. The largest absolute Gasteiger partial charge is 0.368 e. The van der Waals surface area contributed by atoms with Crippen LogP contribution in [0.25, 0.3) is 22.0 Å². The van der Waals surface area contributed by atoms with Gasteiger partial charge in [0.2, 0.25) is 0 Å². The zero-order chi connectivity index (χ0) is 23.0. The Labute approximate surface area is 213 Å². The molecular formula is C27H28ClIN2O2. The number of amides is 1. The summed E-state index contributed by atoms with van der Waals surface area (Å²) in [5.74, 6) is 0.707. The molecule has 6 heteroatoms. The van der Waals surface area contributed by atoms with E-state index < -0.39 is 0 Å². The average Bonchev–Trinajstić information content (AvgIpc) is 3.39. The minimum Gasteiger partial charge on any atom is -0.368 e. The molecule has 4 nitrogen and oxygen atoms in total. The summed E-state index contributed by atoms with van der Waals surface area (Å²) in [4.78, 5) is 19.2. The number of aromatic nitrogens is 1. The molecule has 33 heavy (non-hydrogen) atoms. The van der Waals surface area contributed by atoms with Crippen molar-refractivity contribution in [3.05, 3.63) is 65.3 Å². The molecule has 1 aromatic heterocycles. The van der Waals surface area contributed by atoms with Crippen molar-refractivity contribution in [3.63, 3.8) is 0 Å². The molecule has 1 amide bonds. The quantitative estimate of drug-likeness (QED) is 0.260. The molecule has 2 aliphatic rings. The van der Waals surface area contributed by atoms with Gasteiger partial charge in [0, 0.05) is 40.3 Å². The Hall–Kier alpha value is -1.70. The Kier molecular flexibility index (Phi) is 6.65. The fourth-order valence-electron chi connectivity index (χ4n) is 5.16. The number of halogens is 2. The van der Waals surface area contributed by atoms with Crippen LogP contribution in [-0.4, -0.2) is 41.6 Å². The summed E-state index contributed by atoms with van der Waals surface area (Å²) in [7, 11) is 0. The van der Waals surface area contributed by atoms with E-state index in [1.807, 2.05) is 17.0 Å². The maximum absolute atomic E-state index is 12.7. The molecule has 172 valence electrons. The minimum atomic E-state index is -0.211. The third-order valence-electron chi connectivity index (χ3n) is 7.25. The predicted molar refractivity (Wildman–Crippen MR) is 142 cm³/mol. The molecule has 2 aromatic carbocycles. The maximum Gasteiger partial charge on any atom is 0.251 e. The topological polar surface area (TPSA) is 42.4 Å². The average molecular weight is 575 g/mol. The van der Waals surface area contributed by atoms with Crippen LogP contribution in [0.3, 0.4) is 0 Å². The number of nitrogens with zero attached hydrogens (tertiary/aromatic N) is 2. The van der Waals surface area contributed by atoms with Crippen LogP contribution in [0.1, 0.15) is 38.2 Å². The SMILES string of the molecule is CC(I)(c1ccc(-c2ccc3cccnc3c2Cl)cc1)C1CCN(C(=O)C2CCCO2)CC1. The fourth-order valence-corrected chi connectivity index (χ4v) is 6.47.